The molecule has 98 valence electrons. The largest absolute Gasteiger partial charge is 0.444 e. The van der Waals surface area contributed by atoms with Crippen LogP contribution >= 0.6 is 0 Å². The summed E-state index contributed by atoms with van der Waals surface area (Å²) in [5.74, 6) is 0. The quantitative estimate of drug-likeness (QED) is 0.634. The zero-order valence-corrected chi connectivity index (χ0v) is 11.1. The molecule has 5 nitrogen and oxygen atoms in total. The van der Waals surface area contributed by atoms with Gasteiger partial charge in [0.1, 0.15) is 5.60 Å². The molecule has 2 bridgehead atoms. The second kappa shape index (κ2) is 4.46. The van der Waals surface area contributed by atoms with Crippen molar-refractivity contribution in [2.24, 2.45) is 0 Å². The molecule has 5 heteroatoms. The minimum absolute atomic E-state index is 0.125. The lowest BCUT2D eigenvalue weighted by Crippen LogP contribution is -2.60. The van der Waals surface area contributed by atoms with Crippen molar-refractivity contribution in [3.8, 4) is 0 Å². The van der Waals surface area contributed by atoms with Gasteiger partial charge in [0, 0.05) is 13.1 Å². The van der Waals surface area contributed by atoms with Crippen LogP contribution in [0.25, 0.3) is 0 Å². The molecule has 2 rings (SSSR count). The highest BCUT2D eigenvalue weighted by atomic mass is 16.6. The van der Waals surface area contributed by atoms with Crippen molar-refractivity contribution in [2.75, 3.05) is 33.2 Å². The molecule has 0 spiro atoms. The first kappa shape index (κ1) is 12.6. The van der Waals surface area contributed by atoms with E-state index in [1.165, 1.54) is 0 Å². The van der Waals surface area contributed by atoms with Crippen LogP contribution in [0.15, 0.2) is 0 Å². The van der Waals surface area contributed by atoms with Crippen molar-refractivity contribution in [2.45, 2.75) is 38.6 Å². The third-order valence-electron chi connectivity index (χ3n) is 2.92. The van der Waals surface area contributed by atoms with Gasteiger partial charge >= 0.3 is 6.09 Å². The molecule has 2 unspecified atom stereocenters. The zero-order chi connectivity index (χ0) is 12.6. The molecule has 0 saturated carbocycles. The van der Waals surface area contributed by atoms with Gasteiger partial charge in [-0.25, -0.2) is 4.79 Å². The predicted octanol–water partition coefficient (Wildman–Crippen LogP) is 0.936. The summed E-state index contributed by atoms with van der Waals surface area (Å²) in [6, 6.07) is 0. The van der Waals surface area contributed by atoms with Crippen LogP contribution in [0.2, 0.25) is 0 Å². The van der Waals surface area contributed by atoms with Crippen LogP contribution < -0.4 is 0 Å². The third kappa shape index (κ3) is 3.33. The van der Waals surface area contributed by atoms with Gasteiger partial charge in [-0.3, -0.25) is 0 Å². The first-order valence-corrected chi connectivity index (χ1v) is 6.15. The molecule has 0 aromatic heterocycles. The van der Waals surface area contributed by atoms with Gasteiger partial charge in [-0.05, 0) is 27.8 Å². The zero-order valence-electron chi connectivity index (χ0n) is 11.1. The minimum Gasteiger partial charge on any atom is -0.444 e. The Kier molecular flexibility index (Phi) is 3.32. The van der Waals surface area contributed by atoms with Gasteiger partial charge in [0.2, 0.25) is 0 Å². The maximum atomic E-state index is 12.0. The summed E-state index contributed by atoms with van der Waals surface area (Å²) in [7, 11) is 2.09. The number of nitrogens with zero attached hydrogens (tertiary/aromatic N) is 2. The smallest absolute Gasteiger partial charge is 0.410 e. The topological polar surface area (TPSA) is 42.0 Å². The standard InChI is InChI=1S/C12H22N2O3/c1-12(2,3)17-11(15)14-7-9-5-13(4)6-10(8-14)16-9/h9-10H,5-8H2,1-4H3. The molecule has 2 aliphatic heterocycles. The van der Waals surface area contributed by atoms with Crippen molar-refractivity contribution >= 4 is 6.09 Å². The van der Waals surface area contributed by atoms with Gasteiger partial charge in [-0.1, -0.05) is 0 Å². The van der Waals surface area contributed by atoms with E-state index in [0.717, 1.165) is 13.1 Å². The lowest BCUT2D eigenvalue weighted by molar-refractivity contribution is -0.131. The van der Waals surface area contributed by atoms with Gasteiger partial charge in [0.05, 0.1) is 25.3 Å². The number of hydrogen-bond acceptors (Lipinski definition) is 4. The number of likely N-dealkylation sites (N-methyl/N-ethyl adjacent to an activating group) is 1. The Balaban J connectivity index is 1.94. The van der Waals surface area contributed by atoms with Crippen LogP contribution in [0, 0.1) is 0 Å². The Hall–Kier alpha value is -0.810. The van der Waals surface area contributed by atoms with Crippen LogP contribution in [0.4, 0.5) is 4.79 Å². The monoisotopic (exact) mass is 242 g/mol. The number of hydrogen-bond donors (Lipinski definition) is 0. The van der Waals surface area contributed by atoms with Crippen LogP contribution in [0.5, 0.6) is 0 Å². The van der Waals surface area contributed by atoms with Crippen molar-refractivity contribution in [3.63, 3.8) is 0 Å². The Morgan fingerprint density at radius 3 is 2.18 bits per heavy atom. The lowest BCUT2D eigenvalue weighted by Gasteiger charge is -2.44. The number of morpholine rings is 2. The van der Waals surface area contributed by atoms with Gasteiger partial charge in [-0.2, -0.15) is 0 Å². The Morgan fingerprint density at radius 2 is 1.71 bits per heavy atom. The average Bonchev–Trinajstić information content (AvgIpc) is 2.12. The average molecular weight is 242 g/mol. The van der Waals surface area contributed by atoms with Crippen molar-refractivity contribution in [1.82, 2.24) is 9.80 Å². The summed E-state index contributed by atoms with van der Waals surface area (Å²) in [6.45, 7) is 8.71. The van der Waals surface area contributed by atoms with E-state index in [9.17, 15) is 4.79 Å². The Morgan fingerprint density at radius 1 is 1.18 bits per heavy atom. The number of carbonyl (C=O) groups is 1. The number of rotatable bonds is 0. The normalized spacial score (nSPS) is 30.2. The minimum atomic E-state index is -0.429. The van der Waals surface area contributed by atoms with E-state index in [0.29, 0.717) is 13.1 Å². The predicted molar refractivity (Wildman–Crippen MR) is 64.0 cm³/mol. The first-order valence-electron chi connectivity index (χ1n) is 6.15. The summed E-state index contributed by atoms with van der Waals surface area (Å²) in [5.41, 5.74) is -0.429. The summed E-state index contributed by atoms with van der Waals surface area (Å²) in [4.78, 5) is 16.0. The van der Waals surface area contributed by atoms with Gasteiger partial charge < -0.3 is 19.3 Å². The maximum Gasteiger partial charge on any atom is 0.410 e. The van der Waals surface area contributed by atoms with E-state index in [-0.39, 0.29) is 18.3 Å². The molecule has 2 heterocycles. The molecule has 2 atom stereocenters. The van der Waals surface area contributed by atoms with E-state index in [4.69, 9.17) is 9.47 Å². The second-order valence-corrected chi connectivity index (χ2v) is 5.99. The fraction of sp³-hybridized carbons (Fsp3) is 0.917. The molecule has 2 saturated heterocycles. The van der Waals surface area contributed by atoms with E-state index in [2.05, 4.69) is 11.9 Å². The molecule has 17 heavy (non-hydrogen) atoms. The van der Waals surface area contributed by atoms with Crippen molar-refractivity contribution in [3.05, 3.63) is 0 Å². The fourth-order valence-electron chi connectivity index (χ4n) is 2.37. The summed E-state index contributed by atoms with van der Waals surface area (Å²) in [6.07, 6.45) is 0.0281. The molecule has 0 radical (unpaired) electrons. The Labute approximate surface area is 103 Å². The fourth-order valence-corrected chi connectivity index (χ4v) is 2.37. The van der Waals surface area contributed by atoms with Gasteiger partial charge in [0.15, 0.2) is 0 Å². The van der Waals surface area contributed by atoms with E-state index in [1.807, 2.05) is 20.8 Å². The SMILES string of the molecule is CN1CC2CN(C(=O)OC(C)(C)C)CC(C1)O2. The van der Waals surface area contributed by atoms with E-state index in [1.54, 1.807) is 4.90 Å². The van der Waals surface area contributed by atoms with Gasteiger partial charge in [-0.15, -0.1) is 0 Å². The number of carbonyl (C=O) groups excluding carboxylic acids is 1. The van der Waals surface area contributed by atoms with Crippen LogP contribution in [-0.2, 0) is 9.47 Å². The molecule has 0 N–H and O–H groups in total. The third-order valence-corrected chi connectivity index (χ3v) is 2.92. The molecule has 0 aromatic rings. The van der Waals surface area contributed by atoms with Crippen LogP contribution in [0.1, 0.15) is 20.8 Å². The highest BCUT2D eigenvalue weighted by Crippen LogP contribution is 2.20. The number of ether oxygens (including phenoxy) is 2. The van der Waals surface area contributed by atoms with Gasteiger partial charge in [0.25, 0.3) is 0 Å². The summed E-state index contributed by atoms with van der Waals surface area (Å²) in [5, 5.41) is 0. The van der Waals surface area contributed by atoms with E-state index >= 15 is 0 Å². The van der Waals surface area contributed by atoms with Crippen molar-refractivity contribution < 1.29 is 14.3 Å². The van der Waals surface area contributed by atoms with Crippen LogP contribution in [-0.4, -0.2) is 66.9 Å². The second-order valence-electron chi connectivity index (χ2n) is 5.99. The number of fused-ring (bicyclic) bond motifs is 2. The molecule has 2 fully saturated rings. The van der Waals surface area contributed by atoms with Crippen LogP contribution in [0.3, 0.4) is 0 Å². The lowest BCUT2D eigenvalue weighted by atomic mass is 10.1. The molecule has 0 aromatic carbocycles. The molecule has 2 aliphatic rings. The molecular weight excluding hydrogens is 220 g/mol. The highest BCUT2D eigenvalue weighted by Gasteiger charge is 2.36. The molecular formula is C12H22N2O3. The maximum absolute atomic E-state index is 12.0. The molecule has 1 amide bonds. The van der Waals surface area contributed by atoms with E-state index < -0.39 is 5.60 Å². The number of amides is 1. The highest BCUT2D eigenvalue weighted by molar-refractivity contribution is 5.68. The summed E-state index contributed by atoms with van der Waals surface area (Å²) >= 11 is 0. The summed E-state index contributed by atoms with van der Waals surface area (Å²) < 4.78 is 11.2. The first-order chi connectivity index (χ1) is 7.83. The Bertz CT molecular complexity index is 283. The van der Waals surface area contributed by atoms with Crippen molar-refractivity contribution in [1.29, 1.82) is 0 Å². The molecule has 0 aliphatic carbocycles.